The number of esters is 2. The summed E-state index contributed by atoms with van der Waals surface area (Å²) in [6, 6.07) is 8.40. The molecule has 1 aliphatic heterocycles. The van der Waals surface area contributed by atoms with Crippen LogP contribution in [0.15, 0.2) is 30.3 Å². The fourth-order valence-corrected chi connectivity index (χ4v) is 2.24. The molecule has 4 nitrogen and oxygen atoms in total. The van der Waals surface area contributed by atoms with E-state index < -0.39 is 11.9 Å². The van der Waals surface area contributed by atoms with Crippen LogP contribution in [0.2, 0.25) is 0 Å². The van der Waals surface area contributed by atoms with Gasteiger partial charge in [0.15, 0.2) is 0 Å². The highest BCUT2D eigenvalue weighted by Gasteiger charge is 2.27. The Morgan fingerprint density at radius 1 is 1.05 bits per heavy atom. The second-order valence-corrected chi connectivity index (χ2v) is 4.24. The van der Waals surface area contributed by atoms with Gasteiger partial charge in [-0.1, -0.05) is 24.0 Å². The Labute approximate surface area is 114 Å². The molecule has 0 saturated heterocycles. The van der Waals surface area contributed by atoms with Crippen molar-refractivity contribution in [2.24, 2.45) is 0 Å². The highest BCUT2D eigenvalue weighted by atomic mass is 16.6. The van der Waals surface area contributed by atoms with E-state index >= 15 is 0 Å². The quantitative estimate of drug-likeness (QED) is 0.342. The van der Waals surface area contributed by atoms with Crippen LogP contribution < -0.4 is 0 Å². The highest BCUT2D eigenvalue weighted by molar-refractivity contribution is 6.21. The number of hydrogen-bond donors (Lipinski definition) is 0. The normalized spacial score (nSPS) is 12.6. The molecular formula is C16H8O4. The summed E-state index contributed by atoms with van der Waals surface area (Å²) in [5, 5.41) is 1.27. The molecule has 0 aliphatic carbocycles. The van der Waals surface area contributed by atoms with Gasteiger partial charge < -0.3 is 9.53 Å². The molecule has 96 valence electrons. The van der Waals surface area contributed by atoms with Crippen molar-refractivity contribution < 1.29 is 19.1 Å². The van der Waals surface area contributed by atoms with Crippen molar-refractivity contribution in [3.63, 3.8) is 0 Å². The summed E-state index contributed by atoms with van der Waals surface area (Å²) in [4.78, 5) is 33.8. The molecule has 0 unspecified atom stereocenters. The average Bonchev–Trinajstić information content (AvgIpc) is 2.45. The SMILES string of the molecule is O=CCC#Cc1ccc2c3c(cccc13)C(=O)OC2=O. The Bertz CT molecular complexity index is 801. The van der Waals surface area contributed by atoms with E-state index in [1.54, 1.807) is 30.3 Å². The average molecular weight is 264 g/mol. The van der Waals surface area contributed by atoms with Crippen molar-refractivity contribution in [1.29, 1.82) is 0 Å². The van der Waals surface area contributed by atoms with Crippen LogP contribution in [0.4, 0.5) is 0 Å². The topological polar surface area (TPSA) is 60.4 Å². The summed E-state index contributed by atoms with van der Waals surface area (Å²) >= 11 is 0. The molecule has 0 fully saturated rings. The van der Waals surface area contributed by atoms with Gasteiger partial charge in [0.2, 0.25) is 0 Å². The number of hydrogen-bond acceptors (Lipinski definition) is 4. The molecule has 0 saturated carbocycles. The van der Waals surface area contributed by atoms with Gasteiger partial charge in [-0.05, 0) is 23.6 Å². The third-order valence-corrected chi connectivity index (χ3v) is 3.07. The van der Waals surface area contributed by atoms with Gasteiger partial charge in [0, 0.05) is 10.9 Å². The first-order valence-electron chi connectivity index (χ1n) is 5.97. The van der Waals surface area contributed by atoms with Crippen LogP contribution in [0, 0.1) is 11.8 Å². The minimum Gasteiger partial charge on any atom is -0.386 e. The maximum absolute atomic E-state index is 11.7. The van der Waals surface area contributed by atoms with E-state index in [2.05, 4.69) is 16.6 Å². The standard InChI is InChI=1S/C16H8O4/c17-9-2-1-4-10-7-8-13-14-11(10)5-3-6-12(14)15(18)20-16(13)19/h3,5-9H,2H2. The number of ether oxygens (including phenoxy) is 1. The van der Waals surface area contributed by atoms with Crippen LogP contribution in [0.3, 0.4) is 0 Å². The first kappa shape index (κ1) is 12.1. The first-order chi connectivity index (χ1) is 9.72. The van der Waals surface area contributed by atoms with E-state index in [1.165, 1.54) is 0 Å². The number of benzene rings is 2. The molecule has 0 amide bonds. The van der Waals surface area contributed by atoms with Crippen molar-refractivity contribution in [2.75, 3.05) is 0 Å². The second-order valence-electron chi connectivity index (χ2n) is 4.24. The Balaban J connectivity index is 2.33. The van der Waals surface area contributed by atoms with Crippen molar-refractivity contribution in [3.8, 4) is 11.8 Å². The van der Waals surface area contributed by atoms with Gasteiger partial charge in [-0.15, -0.1) is 0 Å². The van der Waals surface area contributed by atoms with Gasteiger partial charge in [0.05, 0.1) is 17.5 Å². The second kappa shape index (κ2) is 4.63. The lowest BCUT2D eigenvalue weighted by Crippen LogP contribution is -2.19. The summed E-state index contributed by atoms with van der Waals surface area (Å²) < 4.78 is 4.68. The third-order valence-electron chi connectivity index (χ3n) is 3.07. The lowest BCUT2D eigenvalue weighted by Gasteiger charge is -2.15. The summed E-state index contributed by atoms with van der Waals surface area (Å²) in [7, 11) is 0. The number of carbonyl (C=O) groups is 3. The molecule has 4 heteroatoms. The number of cyclic esters (lactones) is 2. The molecule has 3 rings (SSSR count). The van der Waals surface area contributed by atoms with Gasteiger partial charge in [0.1, 0.15) is 6.29 Å². The van der Waals surface area contributed by atoms with Crippen LogP contribution in [-0.4, -0.2) is 18.2 Å². The predicted octanol–water partition coefficient (Wildman–Crippen LogP) is 2.09. The fourth-order valence-electron chi connectivity index (χ4n) is 2.24. The summed E-state index contributed by atoms with van der Waals surface area (Å²) in [5.41, 5.74) is 1.39. The zero-order valence-electron chi connectivity index (χ0n) is 10.3. The highest BCUT2D eigenvalue weighted by Crippen LogP contribution is 2.30. The largest absolute Gasteiger partial charge is 0.386 e. The Morgan fingerprint density at radius 2 is 1.80 bits per heavy atom. The molecule has 0 N–H and O–H groups in total. The molecule has 0 aromatic heterocycles. The van der Waals surface area contributed by atoms with E-state index in [-0.39, 0.29) is 6.42 Å². The molecule has 0 bridgehead atoms. The van der Waals surface area contributed by atoms with Gasteiger partial charge in [-0.25, -0.2) is 9.59 Å². The minimum atomic E-state index is -0.647. The van der Waals surface area contributed by atoms with Crippen molar-refractivity contribution in [3.05, 3.63) is 47.0 Å². The van der Waals surface area contributed by atoms with Gasteiger partial charge in [0.25, 0.3) is 0 Å². The van der Waals surface area contributed by atoms with Gasteiger partial charge >= 0.3 is 11.9 Å². The molecule has 0 atom stereocenters. The van der Waals surface area contributed by atoms with Crippen molar-refractivity contribution in [2.45, 2.75) is 6.42 Å². The van der Waals surface area contributed by atoms with Crippen molar-refractivity contribution >= 4 is 29.0 Å². The lowest BCUT2D eigenvalue weighted by molar-refractivity contribution is -0.107. The third kappa shape index (κ3) is 1.77. The smallest absolute Gasteiger partial charge is 0.346 e. The molecule has 1 aliphatic rings. The summed E-state index contributed by atoms with van der Waals surface area (Å²) in [6.45, 7) is 0. The van der Waals surface area contributed by atoms with Crippen molar-refractivity contribution in [1.82, 2.24) is 0 Å². The summed E-state index contributed by atoms with van der Waals surface area (Å²) in [5.74, 6) is 4.30. The Hall–Kier alpha value is -2.93. The number of rotatable bonds is 1. The molecular weight excluding hydrogens is 256 g/mol. The maximum atomic E-state index is 11.7. The van der Waals surface area contributed by atoms with E-state index in [1.807, 2.05) is 0 Å². The van der Waals surface area contributed by atoms with E-state index in [4.69, 9.17) is 0 Å². The number of carbonyl (C=O) groups excluding carboxylic acids is 3. The van der Waals surface area contributed by atoms with Crippen LogP contribution in [0.1, 0.15) is 32.7 Å². The molecule has 2 aromatic rings. The lowest BCUT2D eigenvalue weighted by atomic mass is 9.94. The molecule has 20 heavy (non-hydrogen) atoms. The fraction of sp³-hybridized carbons (Fsp3) is 0.0625. The van der Waals surface area contributed by atoms with E-state index in [0.29, 0.717) is 27.5 Å². The van der Waals surface area contributed by atoms with Gasteiger partial charge in [-0.3, -0.25) is 0 Å². The molecule has 0 spiro atoms. The van der Waals surface area contributed by atoms with E-state index in [0.717, 1.165) is 6.29 Å². The Morgan fingerprint density at radius 3 is 2.55 bits per heavy atom. The van der Waals surface area contributed by atoms with Crippen LogP contribution in [-0.2, 0) is 9.53 Å². The Kier molecular flexibility index (Phi) is 2.81. The summed E-state index contributed by atoms with van der Waals surface area (Å²) in [6.07, 6.45) is 0.864. The monoisotopic (exact) mass is 264 g/mol. The number of aldehydes is 1. The van der Waals surface area contributed by atoms with Crippen LogP contribution >= 0.6 is 0 Å². The zero-order valence-corrected chi connectivity index (χ0v) is 10.3. The maximum Gasteiger partial charge on any atom is 0.346 e. The minimum absolute atomic E-state index is 0.143. The first-order valence-corrected chi connectivity index (χ1v) is 5.97. The molecule has 2 aromatic carbocycles. The molecule has 0 radical (unpaired) electrons. The predicted molar refractivity (Wildman–Crippen MR) is 71.3 cm³/mol. The van der Waals surface area contributed by atoms with Gasteiger partial charge in [-0.2, -0.15) is 0 Å². The van der Waals surface area contributed by atoms with Crippen LogP contribution in [0.5, 0.6) is 0 Å². The van der Waals surface area contributed by atoms with E-state index in [9.17, 15) is 14.4 Å². The zero-order chi connectivity index (χ0) is 14.1. The molecule has 1 heterocycles. The van der Waals surface area contributed by atoms with Crippen LogP contribution in [0.25, 0.3) is 10.8 Å².